The zero-order valence-electron chi connectivity index (χ0n) is 19.3. The number of hydrogen-bond donors (Lipinski definition) is 2. The van der Waals surface area contributed by atoms with Crippen LogP contribution < -0.4 is 9.47 Å². The zero-order chi connectivity index (χ0) is 24.6. The highest BCUT2D eigenvalue weighted by atomic mass is 16.5. The molecule has 2 heterocycles. The third-order valence-electron chi connectivity index (χ3n) is 5.96. The van der Waals surface area contributed by atoms with E-state index in [1.807, 2.05) is 6.92 Å². The molecule has 2 aromatic carbocycles. The summed E-state index contributed by atoms with van der Waals surface area (Å²) in [4.78, 5) is 27.6. The van der Waals surface area contributed by atoms with Gasteiger partial charge in [-0.1, -0.05) is 6.07 Å². The van der Waals surface area contributed by atoms with E-state index in [-0.39, 0.29) is 29.4 Å². The van der Waals surface area contributed by atoms with E-state index in [1.165, 1.54) is 24.3 Å². The molecule has 1 aliphatic rings. The molecule has 2 N–H and O–H groups in total. The maximum Gasteiger partial charge on any atom is 0.296 e. The quantitative estimate of drug-likeness (QED) is 0.320. The number of ketones is 1. The summed E-state index contributed by atoms with van der Waals surface area (Å²) in [7, 11) is 2.98. The van der Waals surface area contributed by atoms with E-state index in [0.29, 0.717) is 28.2 Å². The van der Waals surface area contributed by atoms with Crippen LogP contribution in [0.3, 0.4) is 0 Å². The average molecular weight is 463 g/mol. The number of methoxy groups -OCH3 is 2. The molecule has 1 atom stereocenters. The first kappa shape index (κ1) is 23.0. The van der Waals surface area contributed by atoms with Gasteiger partial charge in [-0.25, -0.2) is 0 Å². The second-order valence-corrected chi connectivity index (χ2v) is 8.07. The number of aliphatic hydroxyl groups is 1. The molecule has 176 valence electrons. The fourth-order valence-electron chi connectivity index (χ4n) is 4.25. The number of likely N-dealkylation sites (tertiary alicyclic amines) is 1. The molecule has 34 heavy (non-hydrogen) atoms. The largest absolute Gasteiger partial charge is 0.507 e. The number of aromatic hydroxyl groups is 1. The van der Waals surface area contributed by atoms with Crippen molar-refractivity contribution in [1.82, 2.24) is 4.90 Å². The van der Waals surface area contributed by atoms with Crippen molar-refractivity contribution in [2.75, 3.05) is 14.2 Å². The smallest absolute Gasteiger partial charge is 0.296 e. The molecule has 1 saturated heterocycles. The van der Waals surface area contributed by atoms with Crippen molar-refractivity contribution >= 4 is 17.4 Å². The van der Waals surface area contributed by atoms with Crippen LogP contribution in [-0.2, 0) is 16.1 Å². The average Bonchev–Trinajstić information content (AvgIpc) is 3.42. The number of aryl methyl sites for hydroxylation is 2. The number of aliphatic hydroxyl groups excluding tert-OH is 1. The Morgan fingerprint density at radius 3 is 2.38 bits per heavy atom. The molecule has 1 amide bonds. The van der Waals surface area contributed by atoms with Gasteiger partial charge >= 0.3 is 0 Å². The highest BCUT2D eigenvalue weighted by Crippen LogP contribution is 2.43. The van der Waals surface area contributed by atoms with E-state index in [4.69, 9.17) is 13.9 Å². The Bertz CT molecular complexity index is 1290. The Hall–Kier alpha value is -4.20. The number of Topliss-reactive ketones (excluding diaryl/α,β-unsaturated/α-hetero) is 1. The summed E-state index contributed by atoms with van der Waals surface area (Å²) in [6, 6.07) is 10.5. The Morgan fingerprint density at radius 2 is 1.76 bits per heavy atom. The van der Waals surface area contributed by atoms with Crippen LogP contribution in [0.15, 0.2) is 58.7 Å². The van der Waals surface area contributed by atoms with Crippen molar-refractivity contribution in [3.63, 3.8) is 0 Å². The Morgan fingerprint density at radius 1 is 1.03 bits per heavy atom. The van der Waals surface area contributed by atoms with Gasteiger partial charge in [0.05, 0.1) is 38.6 Å². The Labute approximate surface area is 196 Å². The van der Waals surface area contributed by atoms with Crippen molar-refractivity contribution in [1.29, 1.82) is 0 Å². The maximum absolute atomic E-state index is 13.2. The predicted octanol–water partition coefficient (Wildman–Crippen LogP) is 4.24. The van der Waals surface area contributed by atoms with Crippen LogP contribution in [-0.4, -0.2) is 41.0 Å². The standard InChI is InChI=1S/C26H25NO7/c1-14-11-21(33-4)15(2)10-18(14)24(29)22-23(16-7-8-20(32-3)19(28)12-16)27(26(31)25(22)30)13-17-6-5-9-34-17/h5-12,23,28-29H,13H2,1-4H3/b24-22+. The number of nitrogens with zero attached hydrogens (tertiary/aromatic N) is 1. The molecule has 0 radical (unpaired) electrons. The van der Waals surface area contributed by atoms with Crippen molar-refractivity contribution in [3.8, 4) is 17.2 Å². The highest BCUT2D eigenvalue weighted by molar-refractivity contribution is 6.46. The number of amides is 1. The van der Waals surface area contributed by atoms with Gasteiger partial charge in [0.2, 0.25) is 0 Å². The van der Waals surface area contributed by atoms with Crippen LogP contribution in [0, 0.1) is 13.8 Å². The maximum atomic E-state index is 13.2. The summed E-state index contributed by atoms with van der Waals surface area (Å²) in [5.74, 6) is -0.694. The number of phenols is 1. The first-order valence-corrected chi connectivity index (χ1v) is 10.6. The predicted molar refractivity (Wildman–Crippen MR) is 124 cm³/mol. The second kappa shape index (κ2) is 8.97. The lowest BCUT2D eigenvalue weighted by Crippen LogP contribution is -2.29. The zero-order valence-corrected chi connectivity index (χ0v) is 19.3. The molecule has 0 spiro atoms. The molecule has 1 unspecified atom stereocenters. The van der Waals surface area contributed by atoms with Gasteiger partial charge in [0.25, 0.3) is 11.7 Å². The van der Waals surface area contributed by atoms with Crippen LogP contribution in [0.5, 0.6) is 17.2 Å². The van der Waals surface area contributed by atoms with Crippen molar-refractivity contribution < 1.29 is 33.7 Å². The second-order valence-electron chi connectivity index (χ2n) is 8.07. The van der Waals surface area contributed by atoms with E-state index in [2.05, 4.69) is 0 Å². The SMILES string of the molecule is COc1cc(C)c(/C(O)=C2\C(=O)C(=O)N(Cc3ccco3)C2c2ccc(OC)c(O)c2)cc1C. The van der Waals surface area contributed by atoms with Crippen LogP contribution >= 0.6 is 0 Å². The minimum absolute atomic E-state index is 0.00638. The molecule has 0 bridgehead atoms. The summed E-state index contributed by atoms with van der Waals surface area (Å²) < 4.78 is 15.9. The first-order chi connectivity index (χ1) is 16.3. The van der Waals surface area contributed by atoms with Crippen LogP contribution in [0.25, 0.3) is 5.76 Å². The van der Waals surface area contributed by atoms with Crippen LogP contribution in [0.1, 0.15) is 34.1 Å². The van der Waals surface area contributed by atoms with E-state index in [1.54, 1.807) is 50.4 Å². The van der Waals surface area contributed by atoms with E-state index >= 15 is 0 Å². The number of rotatable bonds is 6. The molecule has 0 saturated carbocycles. The van der Waals surface area contributed by atoms with Gasteiger partial charge in [-0.15, -0.1) is 0 Å². The summed E-state index contributed by atoms with van der Waals surface area (Å²) >= 11 is 0. The fraction of sp³-hybridized carbons (Fsp3) is 0.231. The highest BCUT2D eigenvalue weighted by Gasteiger charge is 2.46. The van der Waals surface area contributed by atoms with Gasteiger partial charge in [0.15, 0.2) is 11.5 Å². The lowest BCUT2D eigenvalue weighted by atomic mass is 9.93. The molecule has 4 rings (SSSR count). The summed E-state index contributed by atoms with van der Waals surface area (Å²) in [5.41, 5.74) is 2.21. The number of benzene rings is 2. The van der Waals surface area contributed by atoms with E-state index in [9.17, 15) is 19.8 Å². The van der Waals surface area contributed by atoms with Gasteiger partial charge < -0.3 is 29.0 Å². The summed E-state index contributed by atoms with van der Waals surface area (Å²) in [6.07, 6.45) is 1.48. The molecule has 3 aromatic rings. The lowest BCUT2D eigenvalue weighted by molar-refractivity contribution is -0.140. The number of ether oxygens (including phenoxy) is 2. The number of hydrogen-bond acceptors (Lipinski definition) is 7. The summed E-state index contributed by atoms with van der Waals surface area (Å²) in [5, 5.41) is 21.7. The minimum atomic E-state index is -0.955. The molecular formula is C26H25NO7. The van der Waals surface area contributed by atoms with Gasteiger partial charge in [-0.3, -0.25) is 9.59 Å². The van der Waals surface area contributed by atoms with E-state index < -0.39 is 17.7 Å². The number of carbonyl (C=O) groups excluding carboxylic acids is 2. The molecule has 0 aliphatic carbocycles. The Kier molecular flexibility index (Phi) is 6.06. The van der Waals surface area contributed by atoms with Crippen molar-refractivity contribution in [3.05, 3.63) is 82.3 Å². The van der Waals surface area contributed by atoms with E-state index in [0.717, 1.165) is 5.56 Å². The Balaban J connectivity index is 1.92. The summed E-state index contributed by atoms with van der Waals surface area (Å²) in [6.45, 7) is 3.61. The number of furan rings is 1. The third-order valence-corrected chi connectivity index (χ3v) is 5.96. The van der Waals surface area contributed by atoms with Crippen molar-refractivity contribution in [2.24, 2.45) is 0 Å². The monoisotopic (exact) mass is 463 g/mol. The first-order valence-electron chi connectivity index (χ1n) is 10.6. The minimum Gasteiger partial charge on any atom is -0.507 e. The fourth-order valence-corrected chi connectivity index (χ4v) is 4.25. The molecule has 1 aliphatic heterocycles. The van der Waals surface area contributed by atoms with Crippen LogP contribution in [0.2, 0.25) is 0 Å². The molecular weight excluding hydrogens is 438 g/mol. The lowest BCUT2D eigenvalue weighted by Gasteiger charge is -2.25. The third kappa shape index (κ3) is 3.87. The molecule has 8 heteroatoms. The van der Waals surface area contributed by atoms with Gasteiger partial charge in [0, 0.05) is 5.56 Å². The van der Waals surface area contributed by atoms with Gasteiger partial charge in [0.1, 0.15) is 17.3 Å². The number of phenolic OH excluding ortho intramolecular Hbond substituents is 1. The van der Waals surface area contributed by atoms with Crippen LogP contribution in [0.4, 0.5) is 0 Å². The van der Waals surface area contributed by atoms with Gasteiger partial charge in [-0.05, 0) is 66.9 Å². The normalized spacial score (nSPS) is 17.3. The molecule has 1 fully saturated rings. The molecule has 8 nitrogen and oxygen atoms in total. The van der Waals surface area contributed by atoms with Gasteiger partial charge in [-0.2, -0.15) is 0 Å². The topological polar surface area (TPSA) is 109 Å². The molecule has 1 aromatic heterocycles. The van der Waals surface area contributed by atoms with Crippen molar-refractivity contribution in [2.45, 2.75) is 26.4 Å². The number of carbonyl (C=O) groups is 2.